The molecule has 4 rings (SSSR count). The molecule has 4 nitrogen and oxygen atoms in total. The van der Waals surface area contributed by atoms with Gasteiger partial charge in [-0.2, -0.15) is 11.3 Å². The van der Waals surface area contributed by atoms with Gasteiger partial charge in [0.05, 0.1) is 5.56 Å². The van der Waals surface area contributed by atoms with E-state index in [2.05, 4.69) is 5.16 Å². The van der Waals surface area contributed by atoms with Crippen molar-refractivity contribution in [1.82, 2.24) is 5.16 Å². The lowest BCUT2D eigenvalue weighted by Crippen LogP contribution is -1.83. The molecular formula is C19H13NO3S. The number of hydrogen-bond donors (Lipinski definition) is 2. The first-order chi connectivity index (χ1) is 11.7. The van der Waals surface area contributed by atoms with Crippen LogP contribution in [0.5, 0.6) is 11.5 Å². The number of rotatable bonds is 3. The van der Waals surface area contributed by atoms with Gasteiger partial charge in [0.15, 0.2) is 5.76 Å². The van der Waals surface area contributed by atoms with Crippen LogP contribution >= 0.6 is 11.3 Å². The predicted molar refractivity (Wildman–Crippen MR) is 94.0 cm³/mol. The molecule has 5 heteroatoms. The lowest BCUT2D eigenvalue weighted by atomic mass is 9.98. The summed E-state index contributed by atoms with van der Waals surface area (Å²) in [5.41, 5.74) is 4.34. The number of hydrogen-bond acceptors (Lipinski definition) is 5. The first-order valence-corrected chi connectivity index (χ1v) is 8.28. The highest BCUT2D eigenvalue weighted by Crippen LogP contribution is 2.41. The van der Waals surface area contributed by atoms with Crippen LogP contribution in [0.15, 0.2) is 69.9 Å². The maximum absolute atomic E-state index is 9.50. The summed E-state index contributed by atoms with van der Waals surface area (Å²) in [6.45, 7) is 0. The minimum absolute atomic E-state index is 0.203. The van der Waals surface area contributed by atoms with Crippen LogP contribution in [0.1, 0.15) is 0 Å². The Morgan fingerprint density at radius 2 is 1.38 bits per heavy atom. The summed E-state index contributed by atoms with van der Waals surface area (Å²) >= 11 is 1.60. The number of phenolic OH excluding ortho intramolecular Hbond substituents is 2. The lowest BCUT2D eigenvalue weighted by molar-refractivity contribution is 0.435. The lowest BCUT2D eigenvalue weighted by Gasteiger charge is -2.03. The summed E-state index contributed by atoms with van der Waals surface area (Å²) < 4.78 is 5.64. The largest absolute Gasteiger partial charge is 0.508 e. The average molecular weight is 335 g/mol. The molecule has 0 atom stereocenters. The van der Waals surface area contributed by atoms with Crippen molar-refractivity contribution in [1.29, 1.82) is 0 Å². The Bertz CT molecular complexity index is 892. The quantitative estimate of drug-likeness (QED) is 0.543. The zero-order chi connectivity index (χ0) is 16.5. The van der Waals surface area contributed by atoms with Crippen molar-refractivity contribution in [3.05, 3.63) is 65.4 Å². The predicted octanol–water partition coefficient (Wildman–Crippen LogP) is 5.15. The molecule has 0 amide bonds. The summed E-state index contributed by atoms with van der Waals surface area (Å²) in [6.07, 6.45) is 0. The molecule has 0 spiro atoms. The molecule has 2 aromatic heterocycles. The maximum Gasteiger partial charge on any atom is 0.175 e. The molecule has 0 saturated heterocycles. The maximum atomic E-state index is 9.50. The van der Waals surface area contributed by atoms with E-state index in [-0.39, 0.29) is 11.5 Å². The first kappa shape index (κ1) is 14.5. The van der Waals surface area contributed by atoms with E-state index >= 15 is 0 Å². The molecule has 0 unspecified atom stereocenters. The fourth-order valence-electron chi connectivity index (χ4n) is 2.59. The third-order valence-electron chi connectivity index (χ3n) is 3.77. The molecule has 2 N–H and O–H groups in total. The number of aromatic nitrogens is 1. The monoisotopic (exact) mass is 335 g/mol. The van der Waals surface area contributed by atoms with Crippen LogP contribution in [0, 0.1) is 0 Å². The number of phenols is 2. The van der Waals surface area contributed by atoms with Crippen molar-refractivity contribution in [3.63, 3.8) is 0 Å². The fourth-order valence-corrected chi connectivity index (χ4v) is 3.24. The van der Waals surface area contributed by atoms with Crippen molar-refractivity contribution in [2.45, 2.75) is 0 Å². The van der Waals surface area contributed by atoms with Gasteiger partial charge in [-0.1, -0.05) is 5.16 Å². The van der Waals surface area contributed by atoms with Gasteiger partial charge in [-0.15, -0.1) is 0 Å². The van der Waals surface area contributed by atoms with Crippen molar-refractivity contribution in [2.75, 3.05) is 0 Å². The van der Waals surface area contributed by atoms with Crippen LogP contribution in [-0.2, 0) is 0 Å². The van der Waals surface area contributed by atoms with Crippen molar-refractivity contribution >= 4 is 11.3 Å². The number of thiophene rings is 1. The second-order valence-electron chi connectivity index (χ2n) is 5.34. The smallest absolute Gasteiger partial charge is 0.175 e. The zero-order valence-corrected chi connectivity index (χ0v) is 13.3. The Morgan fingerprint density at radius 3 is 1.96 bits per heavy atom. The minimum atomic E-state index is 0.203. The Kier molecular flexibility index (Phi) is 3.55. The van der Waals surface area contributed by atoms with E-state index in [1.54, 1.807) is 47.7 Å². The molecule has 24 heavy (non-hydrogen) atoms. The Hall–Kier alpha value is -3.05. The van der Waals surface area contributed by atoms with Gasteiger partial charge < -0.3 is 14.7 Å². The molecule has 0 aliphatic carbocycles. The van der Waals surface area contributed by atoms with E-state index in [9.17, 15) is 10.2 Å². The molecule has 0 aliphatic rings. The Morgan fingerprint density at radius 1 is 0.750 bits per heavy atom. The normalized spacial score (nSPS) is 10.8. The molecular weight excluding hydrogens is 322 g/mol. The summed E-state index contributed by atoms with van der Waals surface area (Å²) in [6, 6.07) is 15.7. The van der Waals surface area contributed by atoms with Crippen LogP contribution in [0.3, 0.4) is 0 Å². The molecule has 4 aromatic rings. The Labute approximate surface area is 142 Å². The highest BCUT2D eigenvalue weighted by molar-refractivity contribution is 7.08. The standard InChI is InChI=1S/C19H13NO3S/c21-15-5-1-12(2-6-15)18-17(14-9-10-24-11-14)19(23-20-18)13-3-7-16(22)8-4-13/h1-11,21-22H. The first-order valence-electron chi connectivity index (χ1n) is 7.33. The molecule has 0 fully saturated rings. The van der Waals surface area contributed by atoms with Crippen LogP contribution < -0.4 is 0 Å². The van der Waals surface area contributed by atoms with Crippen LogP contribution in [0.4, 0.5) is 0 Å². The van der Waals surface area contributed by atoms with Crippen molar-refractivity contribution in [3.8, 4) is 45.2 Å². The summed E-state index contributed by atoms with van der Waals surface area (Å²) in [7, 11) is 0. The zero-order valence-electron chi connectivity index (χ0n) is 12.5. The van der Waals surface area contributed by atoms with Gasteiger partial charge in [0, 0.05) is 11.1 Å². The fraction of sp³-hybridized carbons (Fsp3) is 0. The second-order valence-corrected chi connectivity index (χ2v) is 6.12. The SMILES string of the molecule is Oc1ccc(-c2noc(-c3ccc(O)cc3)c2-c2ccsc2)cc1. The van der Waals surface area contributed by atoms with Gasteiger partial charge in [-0.3, -0.25) is 0 Å². The molecule has 118 valence electrons. The van der Waals surface area contributed by atoms with Gasteiger partial charge in [0.25, 0.3) is 0 Å². The van der Waals surface area contributed by atoms with Gasteiger partial charge in [0.2, 0.25) is 0 Å². The highest BCUT2D eigenvalue weighted by Gasteiger charge is 2.21. The van der Waals surface area contributed by atoms with E-state index in [0.717, 1.165) is 27.9 Å². The third-order valence-corrected chi connectivity index (χ3v) is 4.46. The minimum Gasteiger partial charge on any atom is -0.508 e. The summed E-state index contributed by atoms with van der Waals surface area (Å²) in [5.74, 6) is 1.06. The van der Waals surface area contributed by atoms with Crippen LogP contribution in [-0.4, -0.2) is 15.4 Å². The van der Waals surface area contributed by atoms with Gasteiger partial charge in [0.1, 0.15) is 17.2 Å². The van der Waals surface area contributed by atoms with Gasteiger partial charge >= 0.3 is 0 Å². The van der Waals surface area contributed by atoms with Crippen molar-refractivity contribution in [2.24, 2.45) is 0 Å². The third kappa shape index (κ3) is 2.55. The van der Waals surface area contributed by atoms with E-state index in [4.69, 9.17) is 4.52 Å². The van der Waals surface area contributed by atoms with Crippen LogP contribution in [0.25, 0.3) is 33.7 Å². The summed E-state index contributed by atoms with van der Waals surface area (Å²) in [5, 5.41) is 27.3. The van der Waals surface area contributed by atoms with E-state index in [0.29, 0.717) is 5.76 Å². The van der Waals surface area contributed by atoms with Gasteiger partial charge in [-0.25, -0.2) is 0 Å². The molecule has 0 bridgehead atoms. The molecule has 0 saturated carbocycles. The van der Waals surface area contributed by atoms with E-state index in [1.807, 2.05) is 29.0 Å². The summed E-state index contributed by atoms with van der Waals surface area (Å²) in [4.78, 5) is 0. The molecule has 2 heterocycles. The van der Waals surface area contributed by atoms with E-state index in [1.165, 1.54) is 0 Å². The second kappa shape index (κ2) is 5.86. The van der Waals surface area contributed by atoms with E-state index < -0.39 is 0 Å². The molecule has 2 aromatic carbocycles. The molecule has 0 radical (unpaired) electrons. The number of nitrogens with zero attached hydrogens (tertiary/aromatic N) is 1. The average Bonchev–Trinajstić information content (AvgIpc) is 3.25. The highest BCUT2D eigenvalue weighted by atomic mass is 32.1. The van der Waals surface area contributed by atoms with Crippen molar-refractivity contribution < 1.29 is 14.7 Å². The molecule has 0 aliphatic heterocycles. The Balaban J connectivity index is 1.92. The van der Waals surface area contributed by atoms with Gasteiger partial charge in [-0.05, 0) is 70.9 Å². The topological polar surface area (TPSA) is 66.5 Å². The number of aromatic hydroxyl groups is 2. The van der Waals surface area contributed by atoms with Crippen LogP contribution in [0.2, 0.25) is 0 Å². The number of benzene rings is 2.